The van der Waals surface area contributed by atoms with Crippen LogP contribution in [0.5, 0.6) is 0 Å². The van der Waals surface area contributed by atoms with Gasteiger partial charge in [0, 0.05) is 32.1 Å². The first-order chi connectivity index (χ1) is 19.2. The molecule has 4 aromatic rings. The Hall–Kier alpha value is -4.16. The fraction of sp³-hybridized carbons (Fsp3) is 0.250. The van der Waals surface area contributed by atoms with Crippen molar-refractivity contribution in [3.05, 3.63) is 89.2 Å². The van der Waals surface area contributed by atoms with Gasteiger partial charge in [-0.15, -0.1) is 0 Å². The summed E-state index contributed by atoms with van der Waals surface area (Å²) in [5.41, 5.74) is 2.44. The molecular weight excluding hydrogens is 542 g/mol. The fourth-order valence-electron chi connectivity index (χ4n) is 4.56. The van der Waals surface area contributed by atoms with Crippen LogP contribution in [0.15, 0.2) is 70.7 Å². The van der Waals surface area contributed by atoms with Crippen LogP contribution < -0.4 is 4.90 Å². The zero-order valence-corrected chi connectivity index (χ0v) is 22.6. The molecule has 0 aliphatic carbocycles. The summed E-state index contributed by atoms with van der Waals surface area (Å²) in [4.78, 5) is 25.2. The van der Waals surface area contributed by atoms with E-state index in [1.54, 1.807) is 25.3 Å². The molecule has 5 rings (SSSR count). The van der Waals surface area contributed by atoms with Crippen molar-refractivity contribution < 1.29 is 31.6 Å². The molecule has 9 nitrogen and oxygen atoms in total. The molecule has 12 heteroatoms. The number of rotatable bonds is 10. The molecule has 1 aromatic heterocycles. The average Bonchev–Trinajstić information content (AvgIpc) is 3.38. The third-order valence-corrected chi connectivity index (χ3v) is 7.64. The number of anilines is 1. The highest BCUT2D eigenvalue weighted by atomic mass is 32.2. The molecule has 1 amide bonds. The summed E-state index contributed by atoms with van der Waals surface area (Å²) in [5, 5.41) is 4.03. The standard InChI is InChI=1S/C28H26F2N4O5S/c1-38-13-3-12-33-25-15-20(30)6-10-23(25)31-26(33)16-34-24-11-7-19(29)14-22(24)27(28(34)35)32-39-17-18-4-8-21(9-5-18)40(2,36)37/h4-11,14-15H,3,12-13,16-17H2,1-2H3/b32-27+. The lowest BCUT2D eigenvalue weighted by Crippen LogP contribution is -2.31. The molecule has 208 valence electrons. The Labute approximate surface area is 229 Å². The van der Waals surface area contributed by atoms with Gasteiger partial charge in [-0.2, -0.15) is 0 Å². The highest BCUT2D eigenvalue weighted by Gasteiger charge is 2.36. The first-order valence-electron chi connectivity index (χ1n) is 12.4. The van der Waals surface area contributed by atoms with Crippen molar-refractivity contribution in [3.8, 4) is 0 Å². The minimum atomic E-state index is -3.34. The molecule has 0 bridgehead atoms. The van der Waals surface area contributed by atoms with Crippen molar-refractivity contribution >= 4 is 38.2 Å². The van der Waals surface area contributed by atoms with E-state index in [2.05, 4.69) is 10.1 Å². The first-order valence-corrected chi connectivity index (χ1v) is 14.3. The zero-order valence-electron chi connectivity index (χ0n) is 21.8. The maximum atomic E-state index is 14.2. The number of aryl methyl sites for hydroxylation is 1. The second-order valence-corrected chi connectivity index (χ2v) is 11.4. The third-order valence-electron chi connectivity index (χ3n) is 6.51. The summed E-state index contributed by atoms with van der Waals surface area (Å²) in [5.74, 6) is -0.926. The van der Waals surface area contributed by atoms with Crippen LogP contribution in [-0.2, 0) is 43.9 Å². The number of carbonyl (C=O) groups is 1. The van der Waals surface area contributed by atoms with Crippen molar-refractivity contribution in [2.75, 3.05) is 24.9 Å². The summed E-state index contributed by atoms with van der Waals surface area (Å²) in [6.07, 6.45) is 1.76. The third kappa shape index (κ3) is 5.58. The minimum Gasteiger partial charge on any atom is -0.390 e. The fourth-order valence-corrected chi connectivity index (χ4v) is 5.19. The molecule has 0 atom stereocenters. The van der Waals surface area contributed by atoms with E-state index in [1.807, 2.05) is 4.57 Å². The van der Waals surface area contributed by atoms with Crippen LogP contribution in [0.25, 0.3) is 11.0 Å². The van der Waals surface area contributed by atoms with Crippen molar-refractivity contribution in [1.29, 1.82) is 0 Å². The van der Waals surface area contributed by atoms with Gasteiger partial charge in [0.05, 0.1) is 28.2 Å². The number of hydrogen-bond acceptors (Lipinski definition) is 7. The number of methoxy groups -OCH3 is 1. The number of benzene rings is 3. The van der Waals surface area contributed by atoms with E-state index < -0.39 is 27.4 Å². The smallest absolute Gasteiger partial charge is 0.281 e. The van der Waals surface area contributed by atoms with Crippen LogP contribution in [0.4, 0.5) is 14.5 Å². The van der Waals surface area contributed by atoms with Gasteiger partial charge in [-0.1, -0.05) is 17.3 Å². The van der Waals surface area contributed by atoms with E-state index in [0.717, 1.165) is 6.26 Å². The van der Waals surface area contributed by atoms with E-state index in [0.29, 0.717) is 47.7 Å². The van der Waals surface area contributed by atoms with Crippen LogP contribution in [0.3, 0.4) is 0 Å². The minimum absolute atomic E-state index is 0.0344. The Balaban J connectivity index is 1.42. The van der Waals surface area contributed by atoms with Crippen LogP contribution in [-0.4, -0.2) is 49.6 Å². The summed E-state index contributed by atoms with van der Waals surface area (Å²) < 4.78 is 58.6. The molecule has 0 N–H and O–H groups in total. The molecule has 0 fully saturated rings. The number of aromatic nitrogens is 2. The molecular formula is C28H26F2N4O5S. The maximum absolute atomic E-state index is 14.2. The number of imidazole rings is 1. The summed E-state index contributed by atoms with van der Waals surface area (Å²) in [7, 11) is -1.74. The average molecular weight is 569 g/mol. The number of nitrogens with zero attached hydrogens (tertiary/aromatic N) is 4. The Morgan fingerprint density at radius 1 is 1.00 bits per heavy atom. The highest BCUT2D eigenvalue weighted by Crippen LogP contribution is 2.32. The van der Waals surface area contributed by atoms with E-state index in [9.17, 15) is 22.0 Å². The number of carbonyl (C=O) groups excluding carboxylic acids is 1. The van der Waals surface area contributed by atoms with Gasteiger partial charge in [0.1, 0.15) is 24.1 Å². The molecule has 0 saturated carbocycles. The van der Waals surface area contributed by atoms with E-state index in [-0.39, 0.29) is 29.3 Å². The molecule has 0 saturated heterocycles. The van der Waals surface area contributed by atoms with Gasteiger partial charge >= 0.3 is 0 Å². The van der Waals surface area contributed by atoms with Gasteiger partial charge in [-0.3, -0.25) is 9.69 Å². The molecule has 2 heterocycles. The summed E-state index contributed by atoms with van der Waals surface area (Å²) in [6, 6.07) is 14.4. The zero-order chi connectivity index (χ0) is 28.4. The Morgan fingerprint density at radius 3 is 2.45 bits per heavy atom. The lowest BCUT2D eigenvalue weighted by Gasteiger charge is -2.18. The molecule has 1 aliphatic heterocycles. The predicted molar refractivity (Wildman–Crippen MR) is 145 cm³/mol. The van der Waals surface area contributed by atoms with Gasteiger partial charge in [0.25, 0.3) is 5.91 Å². The van der Waals surface area contributed by atoms with E-state index in [4.69, 9.17) is 9.57 Å². The second kappa shape index (κ2) is 11.1. The second-order valence-electron chi connectivity index (χ2n) is 9.34. The van der Waals surface area contributed by atoms with Crippen LogP contribution >= 0.6 is 0 Å². The van der Waals surface area contributed by atoms with Gasteiger partial charge in [-0.25, -0.2) is 22.2 Å². The van der Waals surface area contributed by atoms with Crippen LogP contribution in [0, 0.1) is 11.6 Å². The van der Waals surface area contributed by atoms with Crippen LogP contribution in [0.1, 0.15) is 23.4 Å². The number of ether oxygens (including phenoxy) is 1. The van der Waals surface area contributed by atoms with E-state index >= 15 is 0 Å². The Morgan fingerprint density at radius 2 is 1.73 bits per heavy atom. The Kier molecular flexibility index (Phi) is 7.63. The predicted octanol–water partition coefficient (Wildman–Crippen LogP) is 4.22. The van der Waals surface area contributed by atoms with Crippen LogP contribution in [0.2, 0.25) is 0 Å². The number of hydrogen-bond donors (Lipinski definition) is 0. The van der Waals surface area contributed by atoms with E-state index in [1.165, 1.54) is 47.4 Å². The topological polar surface area (TPSA) is 103 Å². The number of oxime groups is 1. The molecule has 1 aliphatic rings. The lowest BCUT2D eigenvalue weighted by molar-refractivity contribution is -0.112. The number of amides is 1. The molecule has 40 heavy (non-hydrogen) atoms. The molecule has 0 unspecified atom stereocenters. The number of halogens is 2. The Bertz CT molecular complexity index is 1720. The lowest BCUT2D eigenvalue weighted by atomic mass is 10.1. The molecule has 3 aromatic carbocycles. The quantitative estimate of drug-likeness (QED) is 0.210. The highest BCUT2D eigenvalue weighted by molar-refractivity contribution is 7.90. The molecule has 0 spiro atoms. The van der Waals surface area contributed by atoms with Crippen molar-refractivity contribution in [1.82, 2.24) is 9.55 Å². The first kappa shape index (κ1) is 27.4. The summed E-state index contributed by atoms with van der Waals surface area (Å²) in [6.45, 7) is 0.979. The monoisotopic (exact) mass is 568 g/mol. The summed E-state index contributed by atoms with van der Waals surface area (Å²) >= 11 is 0. The molecule has 0 radical (unpaired) electrons. The largest absolute Gasteiger partial charge is 0.390 e. The van der Waals surface area contributed by atoms with Crippen molar-refractivity contribution in [2.45, 2.75) is 31.0 Å². The number of sulfone groups is 1. The van der Waals surface area contributed by atoms with Crippen molar-refractivity contribution in [3.63, 3.8) is 0 Å². The van der Waals surface area contributed by atoms with Gasteiger partial charge in [0.2, 0.25) is 0 Å². The van der Waals surface area contributed by atoms with Crippen molar-refractivity contribution in [2.24, 2.45) is 5.16 Å². The van der Waals surface area contributed by atoms with Gasteiger partial charge < -0.3 is 14.1 Å². The van der Waals surface area contributed by atoms with Gasteiger partial charge in [0.15, 0.2) is 15.5 Å². The maximum Gasteiger partial charge on any atom is 0.281 e. The number of fused-ring (bicyclic) bond motifs is 2. The van der Waals surface area contributed by atoms with Gasteiger partial charge in [-0.05, 0) is 60.5 Å². The SMILES string of the molecule is COCCCn1c(CN2C(=O)/C(=N/OCc3ccc(S(C)(=O)=O)cc3)c3cc(F)ccc32)nc2ccc(F)cc21. The normalized spacial score (nSPS) is 14.3.